The maximum atomic E-state index is 12.2. The highest BCUT2D eigenvalue weighted by atomic mass is 35.5. The standard InChI is InChI=1S/C12H8ClN5O/c13-11-6-14-8(5-15-11)7-18-12(19)9-3-1-2-4-10(9)16-17-18/h1-6H,7H2. The number of fused-ring (bicyclic) bond motifs is 1. The lowest BCUT2D eigenvalue weighted by Gasteiger charge is -2.03. The van der Waals surface area contributed by atoms with Crippen molar-refractivity contribution >= 4 is 22.5 Å². The Morgan fingerprint density at radius 3 is 2.79 bits per heavy atom. The lowest BCUT2D eigenvalue weighted by molar-refractivity contribution is 0.590. The zero-order chi connectivity index (χ0) is 13.2. The molecular formula is C12H8ClN5O. The highest BCUT2D eigenvalue weighted by Gasteiger charge is 2.06. The number of halogens is 1. The molecule has 0 atom stereocenters. The maximum absolute atomic E-state index is 12.2. The summed E-state index contributed by atoms with van der Waals surface area (Å²) in [4.78, 5) is 20.2. The molecule has 0 aliphatic rings. The Bertz CT molecular complexity index is 784. The third-order valence-corrected chi connectivity index (χ3v) is 2.81. The molecule has 3 rings (SSSR count). The lowest BCUT2D eigenvalue weighted by atomic mass is 10.2. The van der Waals surface area contributed by atoms with E-state index in [2.05, 4.69) is 20.3 Å². The van der Waals surface area contributed by atoms with Crippen molar-refractivity contribution in [3.05, 3.63) is 57.9 Å². The molecule has 0 amide bonds. The number of hydrogen-bond acceptors (Lipinski definition) is 5. The van der Waals surface area contributed by atoms with Gasteiger partial charge in [0.05, 0.1) is 30.0 Å². The summed E-state index contributed by atoms with van der Waals surface area (Å²) in [5.41, 5.74) is 0.962. The number of aromatic nitrogens is 5. The predicted octanol–water partition coefficient (Wildman–Crippen LogP) is 1.28. The van der Waals surface area contributed by atoms with Gasteiger partial charge in [-0.25, -0.2) is 9.67 Å². The molecular weight excluding hydrogens is 266 g/mol. The highest BCUT2D eigenvalue weighted by Crippen LogP contribution is 2.05. The summed E-state index contributed by atoms with van der Waals surface area (Å²) in [6.45, 7) is 0.209. The highest BCUT2D eigenvalue weighted by molar-refractivity contribution is 6.29. The molecule has 0 aliphatic carbocycles. The minimum absolute atomic E-state index is 0.206. The molecule has 94 valence electrons. The molecule has 0 aliphatic heterocycles. The molecule has 0 saturated heterocycles. The third-order valence-electron chi connectivity index (χ3n) is 2.61. The number of nitrogens with zero attached hydrogens (tertiary/aromatic N) is 5. The van der Waals surface area contributed by atoms with Gasteiger partial charge >= 0.3 is 0 Å². The van der Waals surface area contributed by atoms with Gasteiger partial charge in [0.1, 0.15) is 10.7 Å². The summed E-state index contributed by atoms with van der Waals surface area (Å²) >= 11 is 5.65. The van der Waals surface area contributed by atoms with E-state index in [0.717, 1.165) is 0 Å². The van der Waals surface area contributed by atoms with Crippen LogP contribution >= 0.6 is 11.6 Å². The summed E-state index contributed by atoms with van der Waals surface area (Å²) in [6, 6.07) is 7.07. The van der Waals surface area contributed by atoms with Crippen LogP contribution in [0.3, 0.4) is 0 Å². The van der Waals surface area contributed by atoms with E-state index >= 15 is 0 Å². The van der Waals surface area contributed by atoms with Crippen LogP contribution in [0.1, 0.15) is 5.69 Å². The molecule has 0 saturated carbocycles. The zero-order valence-corrected chi connectivity index (χ0v) is 10.4. The largest absolute Gasteiger partial charge is 0.277 e. The van der Waals surface area contributed by atoms with E-state index in [0.29, 0.717) is 21.7 Å². The van der Waals surface area contributed by atoms with E-state index in [4.69, 9.17) is 11.6 Å². The Balaban J connectivity index is 2.04. The third kappa shape index (κ3) is 2.30. The van der Waals surface area contributed by atoms with Crippen molar-refractivity contribution in [3.8, 4) is 0 Å². The van der Waals surface area contributed by atoms with Crippen molar-refractivity contribution in [1.29, 1.82) is 0 Å². The minimum atomic E-state index is -0.206. The molecule has 0 radical (unpaired) electrons. The van der Waals surface area contributed by atoms with Gasteiger partial charge in [0.2, 0.25) is 0 Å². The molecule has 1 aromatic carbocycles. The van der Waals surface area contributed by atoms with Gasteiger partial charge in [0.15, 0.2) is 0 Å². The summed E-state index contributed by atoms with van der Waals surface area (Å²) < 4.78 is 1.25. The first kappa shape index (κ1) is 11.7. The van der Waals surface area contributed by atoms with Gasteiger partial charge in [-0.15, -0.1) is 5.10 Å². The maximum Gasteiger partial charge on any atom is 0.277 e. The monoisotopic (exact) mass is 273 g/mol. The van der Waals surface area contributed by atoms with E-state index in [-0.39, 0.29) is 12.1 Å². The van der Waals surface area contributed by atoms with Gasteiger partial charge in [-0.2, -0.15) is 0 Å². The lowest BCUT2D eigenvalue weighted by Crippen LogP contribution is -2.25. The van der Waals surface area contributed by atoms with Gasteiger partial charge < -0.3 is 0 Å². The molecule has 0 N–H and O–H groups in total. The average molecular weight is 274 g/mol. The van der Waals surface area contributed by atoms with Gasteiger partial charge in [-0.05, 0) is 12.1 Å². The van der Waals surface area contributed by atoms with Gasteiger partial charge in [-0.3, -0.25) is 9.78 Å². The van der Waals surface area contributed by atoms with Crippen LogP contribution in [0.25, 0.3) is 10.9 Å². The zero-order valence-electron chi connectivity index (χ0n) is 9.69. The van der Waals surface area contributed by atoms with E-state index in [1.54, 1.807) is 18.2 Å². The van der Waals surface area contributed by atoms with Crippen LogP contribution in [0.2, 0.25) is 5.15 Å². The fraction of sp³-hybridized carbons (Fsp3) is 0.0833. The van der Waals surface area contributed by atoms with Crippen molar-refractivity contribution in [2.75, 3.05) is 0 Å². The summed E-state index contributed by atoms with van der Waals surface area (Å²) in [5, 5.41) is 8.71. The molecule has 7 heteroatoms. The number of rotatable bonds is 2. The fourth-order valence-corrected chi connectivity index (χ4v) is 1.80. The van der Waals surface area contributed by atoms with Crippen molar-refractivity contribution < 1.29 is 0 Å². The van der Waals surface area contributed by atoms with E-state index in [1.807, 2.05) is 6.07 Å². The Hall–Kier alpha value is -2.34. The quantitative estimate of drug-likeness (QED) is 0.703. The average Bonchev–Trinajstić information content (AvgIpc) is 2.45. The molecule has 3 aromatic rings. The first-order valence-electron chi connectivity index (χ1n) is 5.53. The van der Waals surface area contributed by atoms with Crippen molar-refractivity contribution in [3.63, 3.8) is 0 Å². The Morgan fingerprint density at radius 2 is 2.00 bits per heavy atom. The van der Waals surface area contributed by atoms with E-state index in [9.17, 15) is 4.79 Å². The van der Waals surface area contributed by atoms with Crippen LogP contribution in [0.15, 0.2) is 41.5 Å². The van der Waals surface area contributed by atoms with Gasteiger partial charge in [0.25, 0.3) is 5.56 Å². The molecule has 2 aromatic heterocycles. The summed E-state index contributed by atoms with van der Waals surface area (Å²) in [5.74, 6) is 0. The van der Waals surface area contributed by atoms with Crippen LogP contribution in [-0.4, -0.2) is 25.0 Å². The predicted molar refractivity (Wildman–Crippen MR) is 69.9 cm³/mol. The first-order valence-corrected chi connectivity index (χ1v) is 5.91. The van der Waals surface area contributed by atoms with Crippen LogP contribution in [0.5, 0.6) is 0 Å². The molecule has 0 unspecified atom stereocenters. The second kappa shape index (κ2) is 4.74. The van der Waals surface area contributed by atoms with Crippen molar-refractivity contribution in [2.45, 2.75) is 6.54 Å². The molecule has 6 nitrogen and oxygen atoms in total. The first-order chi connectivity index (χ1) is 9.24. The molecule has 19 heavy (non-hydrogen) atoms. The Kier molecular flexibility index (Phi) is 2.92. The second-order valence-electron chi connectivity index (χ2n) is 3.90. The van der Waals surface area contributed by atoms with Gasteiger partial charge in [0, 0.05) is 0 Å². The minimum Gasteiger partial charge on any atom is -0.267 e. The SMILES string of the molecule is O=c1c2ccccc2nnn1Cc1cnc(Cl)cn1. The van der Waals surface area contributed by atoms with Crippen LogP contribution in [0, 0.1) is 0 Å². The smallest absolute Gasteiger partial charge is 0.267 e. The van der Waals surface area contributed by atoms with Crippen LogP contribution in [-0.2, 0) is 6.54 Å². The van der Waals surface area contributed by atoms with Crippen molar-refractivity contribution in [2.24, 2.45) is 0 Å². The van der Waals surface area contributed by atoms with E-state index < -0.39 is 0 Å². The van der Waals surface area contributed by atoms with Gasteiger partial charge in [-0.1, -0.05) is 28.9 Å². The van der Waals surface area contributed by atoms with E-state index in [1.165, 1.54) is 17.1 Å². The second-order valence-corrected chi connectivity index (χ2v) is 4.29. The normalized spacial score (nSPS) is 10.8. The number of benzene rings is 1. The Morgan fingerprint density at radius 1 is 1.16 bits per heavy atom. The fourth-order valence-electron chi connectivity index (χ4n) is 1.70. The molecule has 2 heterocycles. The molecule has 0 bridgehead atoms. The van der Waals surface area contributed by atoms with Crippen molar-refractivity contribution in [1.82, 2.24) is 25.0 Å². The Labute approximate surface area is 112 Å². The number of hydrogen-bond donors (Lipinski definition) is 0. The summed E-state index contributed by atoms with van der Waals surface area (Å²) in [7, 11) is 0. The van der Waals surface area contributed by atoms with Crippen LogP contribution < -0.4 is 5.56 Å². The molecule has 0 fully saturated rings. The topological polar surface area (TPSA) is 73.6 Å². The van der Waals surface area contributed by atoms with Crippen LogP contribution in [0.4, 0.5) is 0 Å². The molecule has 0 spiro atoms. The summed E-state index contributed by atoms with van der Waals surface area (Å²) in [6.07, 6.45) is 2.93.